The van der Waals surface area contributed by atoms with Crippen LogP contribution in [-0.2, 0) is 0 Å². The van der Waals surface area contributed by atoms with E-state index in [4.69, 9.17) is 0 Å². The van der Waals surface area contributed by atoms with Crippen LogP contribution in [0.15, 0.2) is 54.9 Å². The van der Waals surface area contributed by atoms with E-state index in [0.29, 0.717) is 0 Å². The molecule has 0 fully saturated rings. The first kappa shape index (κ1) is 10.7. The molecule has 2 aromatic carbocycles. The third-order valence-corrected chi connectivity index (χ3v) is 2.78. The van der Waals surface area contributed by atoms with Crippen LogP contribution < -0.4 is 0 Å². The third-order valence-electron chi connectivity index (χ3n) is 2.78. The standard InChI is InChI=1S/C15H11FN2/c16-13-7-5-12(6-8-13)9-10-18-11-17-14-3-1-2-4-15(14)18/h1-11H/b10-9-. The smallest absolute Gasteiger partial charge is 0.123 e. The maximum atomic E-state index is 12.8. The molecule has 2 nitrogen and oxygen atoms in total. The van der Waals surface area contributed by atoms with Gasteiger partial charge in [-0.3, -0.25) is 0 Å². The fourth-order valence-corrected chi connectivity index (χ4v) is 1.84. The number of nitrogens with zero attached hydrogens (tertiary/aromatic N) is 2. The lowest BCUT2D eigenvalue weighted by molar-refractivity contribution is 0.628. The van der Waals surface area contributed by atoms with Gasteiger partial charge in [-0.05, 0) is 35.9 Å². The van der Waals surface area contributed by atoms with Gasteiger partial charge in [0.05, 0.1) is 17.4 Å². The van der Waals surface area contributed by atoms with E-state index in [9.17, 15) is 4.39 Å². The molecule has 0 spiro atoms. The highest BCUT2D eigenvalue weighted by Gasteiger charge is 1.97. The van der Waals surface area contributed by atoms with E-state index in [2.05, 4.69) is 4.98 Å². The second kappa shape index (κ2) is 4.45. The quantitative estimate of drug-likeness (QED) is 0.664. The van der Waals surface area contributed by atoms with Crippen molar-refractivity contribution in [3.8, 4) is 0 Å². The summed E-state index contributed by atoms with van der Waals surface area (Å²) in [7, 11) is 0. The van der Waals surface area contributed by atoms with Gasteiger partial charge < -0.3 is 4.57 Å². The number of hydrogen-bond donors (Lipinski definition) is 0. The summed E-state index contributed by atoms with van der Waals surface area (Å²) in [6.45, 7) is 0. The lowest BCUT2D eigenvalue weighted by Crippen LogP contribution is -1.82. The molecule has 3 rings (SSSR count). The van der Waals surface area contributed by atoms with Gasteiger partial charge in [0.2, 0.25) is 0 Å². The molecule has 18 heavy (non-hydrogen) atoms. The zero-order valence-electron chi connectivity index (χ0n) is 9.62. The number of imidazole rings is 1. The van der Waals surface area contributed by atoms with E-state index in [0.717, 1.165) is 16.6 Å². The SMILES string of the molecule is Fc1ccc(/C=C\n2cnc3ccccc32)cc1. The Morgan fingerprint density at radius 2 is 1.78 bits per heavy atom. The Morgan fingerprint density at radius 3 is 2.61 bits per heavy atom. The van der Waals surface area contributed by atoms with E-state index in [1.54, 1.807) is 18.5 Å². The highest BCUT2D eigenvalue weighted by molar-refractivity contribution is 5.78. The van der Waals surface area contributed by atoms with Crippen LogP contribution in [0.25, 0.3) is 23.3 Å². The number of fused-ring (bicyclic) bond motifs is 1. The summed E-state index contributed by atoms with van der Waals surface area (Å²) in [6, 6.07) is 14.3. The zero-order valence-corrected chi connectivity index (χ0v) is 9.62. The maximum absolute atomic E-state index is 12.8. The Morgan fingerprint density at radius 1 is 1.00 bits per heavy atom. The van der Waals surface area contributed by atoms with Crippen LogP contribution in [0.4, 0.5) is 4.39 Å². The van der Waals surface area contributed by atoms with Crippen molar-refractivity contribution >= 4 is 23.3 Å². The summed E-state index contributed by atoms with van der Waals surface area (Å²) in [4.78, 5) is 4.30. The molecule has 0 aliphatic rings. The van der Waals surface area contributed by atoms with Crippen LogP contribution in [0.2, 0.25) is 0 Å². The van der Waals surface area contributed by atoms with Gasteiger partial charge in [-0.1, -0.05) is 24.3 Å². The Hall–Kier alpha value is -2.42. The number of aromatic nitrogens is 2. The topological polar surface area (TPSA) is 17.8 Å². The average molecular weight is 238 g/mol. The summed E-state index contributed by atoms with van der Waals surface area (Å²) < 4.78 is 14.7. The normalized spacial score (nSPS) is 11.4. The van der Waals surface area contributed by atoms with Crippen LogP contribution in [0.5, 0.6) is 0 Å². The van der Waals surface area contributed by atoms with Gasteiger partial charge in [0, 0.05) is 6.20 Å². The van der Waals surface area contributed by atoms with E-state index < -0.39 is 0 Å². The minimum atomic E-state index is -0.222. The molecule has 0 saturated carbocycles. The van der Waals surface area contributed by atoms with E-state index >= 15 is 0 Å². The van der Waals surface area contributed by atoms with Crippen molar-refractivity contribution in [1.82, 2.24) is 9.55 Å². The van der Waals surface area contributed by atoms with Gasteiger partial charge in [0.25, 0.3) is 0 Å². The molecule has 0 unspecified atom stereocenters. The van der Waals surface area contributed by atoms with Crippen molar-refractivity contribution in [1.29, 1.82) is 0 Å². The number of rotatable bonds is 2. The van der Waals surface area contributed by atoms with Crippen molar-refractivity contribution < 1.29 is 4.39 Å². The first-order valence-electron chi connectivity index (χ1n) is 5.68. The van der Waals surface area contributed by atoms with Gasteiger partial charge in [-0.2, -0.15) is 0 Å². The molecule has 3 heteroatoms. The molecule has 3 aromatic rings. The van der Waals surface area contributed by atoms with Crippen LogP contribution in [-0.4, -0.2) is 9.55 Å². The summed E-state index contributed by atoms with van der Waals surface area (Å²) in [5.41, 5.74) is 2.96. The maximum Gasteiger partial charge on any atom is 0.123 e. The molecule has 1 heterocycles. The predicted octanol–water partition coefficient (Wildman–Crippen LogP) is 3.80. The monoisotopic (exact) mass is 238 g/mol. The van der Waals surface area contributed by atoms with Gasteiger partial charge in [-0.25, -0.2) is 9.37 Å². The summed E-state index contributed by atoms with van der Waals surface area (Å²) in [6.07, 6.45) is 5.61. The van der Waals surface area contributed by atoms with Crippen molar-refractivity contribution in [2.45, 2.75) is 0 Å². The van der Waals surface area contributed by atoms with Gasteiger partial charge in [0.1, 0.15) is 5.82 Å². The fourth-order valence-electron chi connectivity index (χ4n) is 1.84. The molecule has 0 N–H and O–H groups in total. The van der Waals surface area contributed by atoms with Crippen LogP contribution >= 0.6 is 0 Å². The lowest BCUT2D eigenvalue weighted by Gasteiger charge is -1.96. The highest BCUT2D eigenvalue weighted by Crippen LogP contribution is 2.13. The predicted molar refractivity (Wildman–Crippen MR) is 71.4 cm³/mol. The largest absolute Gasteiger partial charge is 0.306 e. The second-order valence-electron chi connectivity index (χ2n) is 4.01. The zero-order chi connectivity index (χ0) is 12.4. The van der Waals surface area contributed by atoms with Crippen molar-refractivity contribution in [2.24, 2.45) is 0 Å². The summed E-state index contributed by atoms with van der Waals surface area (Å²) >= 11 is 0. The Balaban J connectivity index is 1.94. The van der Waals surface area contributed by atoms with E-state index in [-0.39, 0.29) is 5.82 Å². The van der Waals surface area contributed by atoms with E-state index in [1.165, 1.54) is 12.1 Å². The number of para-hydroxylation sites is 2. The molecule has 0 aliphatic carbocycles. The van der Waals surface area contributed by atoms with Crippen molar-refractivity contribution in [3.63, 3.8) is 0 Å². The molecule has 0 aliphatic heterocycles. The van der Waals surface area contributed by atoms with E-state index in [1.807, 2.05) is 41.1 Å². The minimum absolute atomic E-state index is 0.222. The first-order valence-corrected chi connectivity index (χ1v) is 5.68. The molecule has 88 valence electrons. The van der Waals surface area contributed by atoms with Gasteiger partial charge in [-0.15, -0.1) is 0 Å². The highest BCUT2D eigenvalue weighted by atomic mass is 19.1. The Bertz CT molecular complexity index is 696. The number of hydrogen-bond acceptors (Lipinski definition) is 1. The molecule has 1 aromatic heterocycles. The molecule has 0 bridgehead atoms. The number of halogens is 1. The van der Waals surface area contributed by atoms with Crippen LogP contribution in [0, 0.1) is 5.82 Å². The second-order valence-corrected chi connectivity index (χ2v) is 4.01. The Labute approximate surface area is 104 Å². The Kier molecular flexibility index (Phi) is 2.65. The molecule has 0 amide bonds. The molecule has 0 saturated heterocycles. The van der Waals surface area contributed by atoms with Gasteiger partial charge in [0.15, 0.2) is 0 Å². The lowest BCUT2D eigenvalue weighted by atomic mass is 10.2. The average Bonchev–Trinajstić information content (AvgIpc) is 2.82. The molecule has 0 radical (unpaired) electrons. The van der Waals surface area contributed by atoms with Crippen molar-refractivity contribution in [3.05, 3.63) is 66.2 Å². The molecule has 0 atom stereocenters. The van der Waals surface area contributed by atoms with Gasteiger partial charge >= 0.3 is 0 Å². The van der Waals surface area contributed by atoms with Crippen LogP contribution in [0.3, 0.4) is 0 Å². The molecular weight excluding hydrogens is 227 g/mol. The van der Waals surface area contributed by atoms with Crippen molar-refractivity contribution in [2.75, 3.05) is 0 Å². The fraction of sp³-hybridized carbons (Fsp3) is 0. The minimum Gasteiger partial charge on any atom is -0.306 e. The third kappa shape index (κ3) is 2.02. The molecular formula is C15H11FN2. The first-order chi connectivity index (χ1) is 8.83. The summed E-state index contributed by atoms with van der Waals surface area (Å²) in [5.74, 6) is -0.222. The van der Waals surface area contributed by atoms with Crippen LogP contribution in [0.1, 0.15) is 5.56 Å². The summed E-state index contributed by atoms with van der Waals surface area (Å²) in [5, 5.41) is 0. The number of benzene rings is 2.